The molecule has 0 unspecified atom stereocenters. The van der Waals surface area contributed by atoms with Crippen molar-refractivity contribution in [3.8, 4) is 34.3 Å². The van der Waals surface area contributed by atoms with Crippen molar-refractivity contribution in [1.82, 2.24) is 15.1 Å². The van der Waals surface area contributed by atoms with Gasteiger partial charge in [0.15, 0.2) is 11.5 Å². The highest BCUT2D eigenvalue weighted by atomic mass is 79.9. The van der Waals surface area contributed by atoms with E-state index in [0.29, 0.717) is 36.4 Å². The fraction of sp³-hybridized carbons (Fsp3) is 0.235. The van der Waals surface area contributed by atoms with Crippen molar-refractivity contribution in [3.05, 3.63) is 41.1 Å². The smallest absolute Gasteiger partial charge is 0.259 e. The van der Waals surface area contributed by atoms with Crippen molar-refractivity contribution >= 4 is 15.9 Å². The Morgan fingerprint density at radius 2 is 1.96 bits per heavy atom. The Morgan fingerprint density at radius 1 is 1.12 bits per heavy atom. The van der Waals surface area contributed by atoms with Crippen LogP contribution in [-0.4, -0.2) is 28.3 Å². The standard InChI is InChI=1S/C17H16BrN3O3/c1-3-22-14-9-12(8-13(18)15(14)23-4-2)16-20-17(24-21-16)11-6-5-7-19-10-11/h5-10H,3-4H2,1-2H3. The summed E-state index contributed by atoms with van der Waals surface area (Å²) in [5.74, 6) is 2.19. The van der Waals surface area contributed by atoms with Crippen LogP contribution >= 0.6 is 15.9 Å². The molecular weight excluding hydrogens is 374 g/mol. The maximum atomic E-state index is 5.67. The van der Waals surface area contributed by atoms with E-state index < -0.39 is 0 Å². The molecule has 3 aromatic rings. The van der Waals surface area contributed by atoms with Crippen LogP contribution in [0.15, 0.2) is 45.7 Å². The van der Waals surface area contributed by atoms with Gasteiger partial charge in [-0.25, -0.2) is 0 Å². The van der Waals surface area contributed by atoms with Gasteiger partial charge in [-0.1, -0.05) is 5.16 Å². The monoisotopic (exact) mass is 389 g/mol. The second kappa shape index (κ2) is 7.44. The van der Waals surface area contributed by atoms with Crippen molar-refractivity contribution in [3.63, 3.8) is 0 Å². The lowest BCUT2D eigenvalue weighted by atomic mass is 10.2. The molecule has 0 radical (unpaired) electrons. The Hall–Kier alpha value is -2.41. The van der Waals surface area contributed by atoms with Crippen LogP contribution in [0.2, 0.25) is 0 Å². The normalized spacial score (nSPS) is 10.6. The van der Waals surface area contributed by atoms with Gasteiger partial charge < -0.3 is 14.0 Å². The second-order valence-electron chi connectivity index (χ2n) is 4.82. The topological polar surface area (TPSA) is 70.3 Å². The average Bonchev–Trinajstić information content (AvgIpc) is 3.09. The highest BCUT2D eigenvalue weighted by Gasteiger charge is 2.17. The van der Waals surface area contributed by atoms with Crippen molar-refractivity contribution in [2.45, 2.75) is 13.8 Å². The molecule has 0 aliphatic heterocycles. The van der Waals surface area contributed by atoms with Gasteiger partial charge in [0.1, 0.15) is 0 Å². The molecule has 0 N–H and O–H groups in total. The van der Waals surface area contributed by atoms with E-state index in [4.69, 9.17) is 14.0 Å². The lowest BCUT2D eigenvalue weighted by Crippen LogP contribution is -2.00. The minimum atomic E-state index is 0.418. The molecule has 2 aromatic heterocycles. The van der Waals surface area contributed by atoms with Crippen LogP contribution in [-0.2, 0) is 0 Å². The molecule has 0 atom stereocenters. The molecule has 0 spiro atoms. The Bertz CT molecular complexity index is 821. The fourth-order valence-electron chi connectivity index (χ4n) is 2.19. The molecule has 7 heteroatoms. The van der Waals surface area contributed by atoms with Crippen LogP contribution in [0.3, 0.4) is 0 Å². The number of benzene rings is 1. The molecule has 6 nitrogen and oxygen atoms in total. The first-order chi connectivity index (χ1) is 11.7. The lowest BCUT2D eigenvalue weighted by Gasteiger charge is -2.13. The van der Waals surface area contributed by atoms with Gasteiger partial charge in [0, 0.05) is 18.0 Å². The minimum absolute atomic E-state index is 0.418. The van der Waals surface area contributed by atoms with Crippen molar-refractivity contribution in [1.29, 1.82) is 0 Å². The molecule has 0 saturated heterocycles. The number of halogens is 1. The number of aromatic nitrogens is 3. The van der Waals surface area contributed by atoms with Crippen molar-refractivity contribution < 1.29 is 14.0 Å². The maximum Gasteiger partial charge on any atom is 0.259 e. The molecule has 1 aromatic carbocycles. The zero-order valence-electron chi connectivity index (χ0n) is 13.3. The number of ether oxygens (including phenoxy) is 2. The summed E-state index contributed by atoms with van der Waals surface area (Å²) in [6, 6.07) is 7.41. The number of hydrogen-bond acceptors (Lipinski definition) is 6. The number of pyridine rings is 1. The maximum absolute atomic E-state index is 5.67. The third-order valence-corrected chi connectivity index (χ3v) is 3.78. The van der Waals surface area contributed by atoms with E-state index in [9.17, 15) is 0 Å². The first kappa shape index (κ1) is 16.4. The molecule has 0 aliphatic carbocycles. The molecular formula is C17H16BrN3O3. The number of rotatable bonds is 6. The van der Waals surface area contributed by atoms with Crippen molar-refractivity contribution in [2.24, 2.45) is 0 Å². The zero-order chi connectivity index (χ0) is 16.9. The molecule has 0 fully saturated rings. The van der Waals surface area contributed by atoms with E-state index in [0.717, 1.165) is 15.6 Å². The number of nitrogens with zero attached hydrogens (tertiary/aromatic N) is 3. The molecule has 0 aliphatic rings. The molecule has 2 heterocycles. The molecule has 124 valence electrons. The lowest BCUT2D eigenvalue weighted by molar-refractivity contribution is 0.286. The average molecular weight is 390 g/mol. The first-order valence-electron chi connectivity index (χ1n) is 7.56. The predicted octanol–water partition coefficient (Wildman–Crippen LogP) is 4.36. The molecule has 0 amide bonds. The quantitative estimate of drug-likeness (QED) is 0.623. The van der Waals surface area contributed by atoms with Gasteiger partial charge in [-0.05, 0) is 54.0 Å². The van der Waals surface area contributed by atoms with Gasteiger partial charge in [-0.2, -0.15) is 4.98 Å². The van der Waals surface area contributed by atoms with Gasteiger partial charge in [0.2, 0.25) is 5.82 Å². The SMILES string of the molecule is CCOc1cc(-c2noc(-c3cccnc3)n2)cc(Br)c1OCC. The Balaban J connectivity index is 1.99. The molecule has 3 rings (SSSR count). The van der Waals surface area contributed by atoms with Crippen LogP contribution in [0.5, 0.6) is 11.5 Å². The summed E-state index contributed by atoms with van der Waals surface area (Å²) in [5.41, 5.74) is 1.54. The van der Waals surface area contributed by atoms with Crippen LogP contribution < -0.4 is 9.47 Å². The van der Waals surface area contributed by atoms with Gasteiger partial charge >= 0.3 is 0 Å². The van der Waals surface area contributed by atoms with Crippen LogP contribution in [0.4, 0.5) is 0 Å². The Labute approximate surface area is 148 Å². The molecule has 0 bridgehead atoms. The summed E-state index contributed by atoms with van der Waals surface area (Å²) < 4.78 is 17.4. The summed E-state index contributed by atoms with van der Waals surface area (Å²) in [6.07, 6.45) is 3.37. The van der Waals surface area contributed by atoms with Crippen LogP contribution in [0, 0.1) is 0 Å². The summed E-state index contributed by atoms with van der Waals surface area (Å²) in [4.78, 5) is 8.49. The zero-order valence-corrected chi connectivity index (χ0v) is 14.9. The van der Waals surface area contributed by atoms with E-state index in [-0.39, 0.29) is 0 Å². The van der Waals surface area contributed by atoms with Gasteiger partial charge in [0.05, 0.1) is 23.2 Å². The third kappa shape index (κ3) is 3.41. The van der Waals surface area contributed by atoms with Gasteiger partial charge in [-0.15, -0.1) is 0 Å². The highest BCUT2D eigenvalue weighted by molar-refractivity contribution is 9.10. The van der Waals surface area contributed by atoms with Gasteiger partial charge in [0.25, 0.3) is 5.89 Å². The Morgan fingerprint density at radius 3 is 2.67 bits per heavy atom. The second-order valence-corrected chi connectivity index (χ2v) is 5.67. The third-order valence-electron chi connectivity index (χ3n) is 3.19. The highest BCUT2D eigenvalue weighted by Crippen LogP contribution is 2.39. The van der Waals surface area contributed by atoms with Crippen LogP contribution in [0.1, 0.15) is 13.8 Å². The summed E-state index contributed by atoms with van der Waals surface area (Å²) in [6.45, 7) is 4.93. The fourth-order valence-corrected chi connectivity index (χ4v) is 2.75. The Kier molecular flexibility index (Phi) is 5.10. The summed E-state index contributed by atoms with van der Waals surface area (Å²) >= 11 is 3.52. The first-order valence-corrected chi connectivity index (χ1v) is 8.35. The molecule has 24 heavy (non-hydrogen) atoms. The summed E-state index contributed by atoms with van der Waals surface area (Å²) in [7, 11) is 0. The predicted molar refractivity (Wildman–Crippen MR) is 93.0 cm³/mol. The van der Waals surface area contributed by atoms with E-state index in [1.165, 1.54) is 0 Å². The van der Waals surface area contributed by atoms with E-state index in [2.05, 4.69) is 31.1 Å². The van der Waals surface area contributed by atoms with Crippen molar-refractivity contribution in [2.75, 3.05) is 13.2 Å². The van der Waals surface area contributed by atoms with E-state index in [1.54, 1.807) is 12.4 Å². The van der Waals surface area contributed by atoms with Crippen LogP contribution in [0.25, 0.3) is 22.8 Å². The number of hydrogen-bond donors (Lipinski definition) is 0. The summed E-state index contributed by atoms with van der Waals surface area (Å²) in [5, 5.41) is 4.05. The van der Waals surface area contributed by atoms with E-state index in [1.807, 2.05) is 38.1 Å². The largest absolute Gasteiger partial charge is 0.490 e. The van der Waals surface area contributed by atoms with Gasteiger partial charge in [-0.3, -0.25) is 4.98 Å². The van der Waals surface area contributed by atoms with E-state index >= 15 is 0 Å². The minimum Gasteiger partial charge on any atom is -0.490 e. The molecule has 0 saturated carbocycles.